The first-order chi connectivity index (χ1) is 11.6. The molecule has 1 aromatic carbocycles. The van der Waals surface area contributed by atoms with Gasteiger partial charge in [-0.1, -0.05) is 58.2 Å². The van der Waals surface area contributed by atoms with Gasteiger partial charge in [0, 0.05) is 41.5 Å². The Morgan fingerprint density at radius 1 is 0.741 bits per heavy atom. The smallest absolute Gasteiger partial charge is 0.508 e. The Labute approximate surface area is 180 Å². The Morgan fingerprint density at radius 2 is 1.07 bits per heavy atom. The molecule has 0 bridgehead atoms. The molecule has 9 heteroatoms. The third-order valence-corrected chi connectivity index (χ3v) is 4.81. The van der Waals surface area contributed by atoms with Crippen molar-refractivity contribution in [1.29, 1.82) is 0 Å². The van der Waals surface area contributed by atoms with Gasteiger partial charge in [0.2, 0.25) is 0 Å². The molecule has 0 aliphatic carbocycles. The summed E-state index contributed by atoms with van der Waals surface area (Å²) in [6.45, 7) is 7.78. The van der Waals surface area contributed by atoms with Crippen LogP contribution in [0.4, 0.5) is 0 Å². The van der Waals surface area contributed by atoms with Gasteiger partial charge in [0.05, 0.1) is 0 Å². The second-order valence-corrected chi connectivity index (χ2v) is 7.38. The van der Waals surface area contributed by atoms with Crippen molar-refractivity contribution in [2.45, 2.75) is 59.3 Å². The molecule has 1 rings (SSSR count). The maximum atomic E-state index is 10.2. The zero-order valence-electron chi connectivity index (χ0n) is 16.9. The largest absolute Gasteiger partial charge is 0.676 e. The number of phenols is 1. The molecule has 1 aromatic rings. The minimum absolute atomic E-state index is 0. The normalized spacial score (nSPS) is 9.78. The van der Waals surface area contributed by atoms with Gasteiger partial charge in [0.15, 0.2) is 0 Å². The second-order valence-electron chi connectivity index (χ2n) is 5.47. The van der Waals surface area contributed by atoms with Crippen LogP contribution >= 0.6 is 0 Å². The number of para-hydroxylation sites is 1. The van der Waals surface area contributed by atoms with E-state index in [4.69, 9.17) is 18.4 Å². The molecular weight excluding hydrogens is 404 g/mol. The molecule has 0 atom stereocenters. The van der Waals surface area contributed by atoms with Crippen molar-refractivity contribution >= 4 is 9.05 Å². The molecule has 0 unspecified atom stereocenters. The topological polar surface area (TPSA) is 131 Å². The van der Waals surface area contributed by atoms with E-state index in [9.17, 15) is 4.80 Å². The number of hydrogen-bond acceptors (Lipinski definition) is 5. The second kappa shape index (κ2) is 23.8. The molecule has 0 saturated carbocycles. The molecule has 0 radical (unpaired) electrons. The van der Waals surface area contributed by atoms with Crippen LogP contribution < -0.4 is 0 Å². The summed E-state index contributed by atoms with van der Waals surface area (Å²) < 4.78 is 16.2. The van der Waals surface area contributed by atoms with Crippen LogP contribution in [0.1, 0.15) is 59.3 Å². The predicted molar refractivity (Wildman–Crippen MR) is 106 cm³/mol. The maximum Gasteiger partial charge on any atom is 0.676 e. The van der Waals surface area contributed by atoms with Gasteiger partial charge in [0.25, 0.3) is 0 Å². The van der Waals surface area contributed by atoms with Crippen molar-refractivity contribution in [3.05, 3.63) is 30.3 Å². The summed E-state index contributed by atoms with van der Waals surface area (Å²) in [5, 5.41) is 8.63. The summed E-state index contributed by atoms with van der Waals surface area (Å²) in [7, 11) is -3.36. The molecular formula is C18H38O7SiTi. The van der Waals surface area contributed by atoms with Gasteiger partial charge in [-0.25, -0.2) is 0 Å². The molecule has 0 aliphatic rings. The number of phenolic OH excluding ortho intramolecular Hbond substituents is 1. The van der Waals surface area contributed by atoms with E-state index in [0.29, 0.717) is 25.6 Å². The van der Waals surface area contributed by atoms with Crippen LogP contribution in [0.3, 0.4) is 0 Å². The number of aromatic hydroxyl groups is 1. The fourth-order valence-electron chi connectivity index (χ4n) is 1.59. The minimum atomic E-state index is -3.36. The number of unbranched alkanes of at least 4 members (excludes halogenated alkanes) is 3. The summed E-state index contributed by atoms with van der Waals surface area (Å²) >= 11 is 0. The average Bonchev–Trinajstić information content (AvgIpc) is 2.57. The summed E-state index contributed by atoms with van der Waals surface area (Å²) in [5.74, 6) is 0.322. The Bertz CT molecular complexity index is 359. The van der Waals surface area contributed by atoms with Gasteiger partial charge in [-0.3, -0.25) is 0 Å². The van der Waals surface area contributed by atoms with Gasteiger partial charge >= 0.3 is 9.05 Å². The Balaban J connectivity index is -0.000000224. The van der Waals surface area contributed by atoms with E-state index in [-0.39, 0.29) is 32.7 Å². The molecule has 27 heavy (non-hydrogen) atoms. The standard InChI is InChI=1S/C12H28O4Si.C6H6O.2H2O.Ti/c1-4-7-10-14-17(13,15-11-8-5-2)16-12-9-6-3;7-6-4-2-1-3-5-6;;;/h13H,4-12H2,1-3H3;1-5,7H;2*1H2;. The van der Waals surface area contributed by atoms with Crippen molar-refractivity contribution in [3.63, 3.8) is 0 Å². The van der Waals surface area contributed by atoms with Gasteiger partial charge in [-0.2, -0.15) is 0 Å². The minimum Gasteiger partial charge on any atom is -0.508 e. The third kappa shape index (κ3) is 21.9. The van der Waals surface area contributed by atoms with Crippen LogP contribution in [0, 0.1) is 0 Å². The summed E-state index contributed by atoms with van der Waals surface area (Å²) in [4.78, 5) is 10.2. The van der Waals surface area contributed by atoms with E-state index in [0.717, 1.165) is 38.5 Å². The Morgan fingerprint density at radius 3 is 1.30 bits per heavy atom. The van der Waals surface area contributed by atoms with E-state index in [1.165, 1.54) is 0 Å². The number of rotatable bonds is 12. The molecule has 0 saturated heterocycles. The molecule has 0 aromatic heterocycles. The van der Waals surface area contributed by atoms with Gasteiger partial charge in [-0.15, -0.1) is 0 Å². The first-order valence-corrected chi connectivity index (χ1v) is 10.6. The van der Waals surface area contributed by atoms with Crippen molar-refractivity contribution in [2.24, 2.45) is 0 Å². The van der Waals surface area contributed by atoms with Crippen LogP contribution in [0.25, 0.3) is 0 Å². The van der Waals surface area contributed by atoms with E-state index in [2.05, 4.69) is 20.8 Å². The zero-order valence-corrected chi connectivity index (χ0v) is 19.4. The number of benzene rings is 1. The molecule has 7 nitrogen and oxygen atoms in total. The average molecular weight is 442 g/mol. The van der Waals surface area contributed by atoms with Gasteiger partial charge in [-0.05, 0) is 31.4 Å². The van der Waals surface area contributed by atoms with Crippen LogP contribution in [-0.2, 0) is 35.0 Å². The van der Waals surface area contributed by atoms with Crippen molar-refractivity contribution in [3.8, 4) is 5.75 Å². The van der Waals surface area contributed by atoms with Gasteiger partial charge < -0.3 is 34.1 Å². The van der Waals surface area contributed by atoms with Crippen LogP contribution in [0.5, 0.6) is 5.75 Å². The van der Waals surface area contributed by atoms with E-state index in [1.54, 1.807) is 24.3 Å². The zero-order chi connectivity index (χ0) is 18.1. The molecule has 0 amide bonds. The van der Waals surface area contributed by atoms with E-state index in [1.807, 2.05) is 6.07 Å². The maximum absolute atomic E-state index is 10.2. The number of hydrogen-bond donors (Lipinski definition) is 2. The first-order valence-electron chi connectivity index (χ1n) is 8.96. The van der Waals surface area contributed by atoms with E-state index >= 15 is 0 Å². The third-order valence-electron chi connectivity index (χ3n) is 3.10. The molecule has 0 aliphatic heterocycles. The van der Waals surface area contributed by atoms with Gasteiger partial charge in [0.1, 0.15) is 5.75 Å². The fourth-order valence-corrected chi connectivity index (χ4v) is 3.05. The monoisotopic (exact) mass is 442 g/mol. The Hall–Kier alpha value is -0.289. The summed E-state index contributed by atoms with van der Waals surface area (Å²) in [5.41, 5.74) is 0. The molecule has 0 spiro atoms. The van der Waals surface area contributed by atoms with Crippen LogP contribution in [0.15, 0.2) is 30.3 Å². The van der Waals surface area contributed by atoms with Crippen molar-refractivity contribution in [2.75, 3.05) is 19.8 Å². The van der Waals surface area contributed by atoms with E-state index < -0.39 is 9.05 Å². The molecule has 0 heterocycles. The quantitative estimate of drug-likeness (QED) is 0.379. The fraction of sp³-hybridized carbons (Fsp3) is 0.667. The summed E-state index contributed by atoms with van der Waals surface area (Å²) in [6.07, 6.45) is 5.87. The SMILES string of the molecule is CCCCO[Si](O)(OCCCC)OCCCC.O.O.Oc1ccccc1.[Ti]. The first kappa shape index (κ1) is 34.2. The molecule has 160 valence electrons. The molecule has 0 fully saturated rings. The van der Waals surface area contributed by atoms with Crippen LogP contribution in [0.2, 0.25) is 0 Å². The van der Waals surface area contributed by atoms with Crippen LogP contribution in [-0.4, -0.2) is 49.7 Å². The molecule has 6 N–H and O–H groups in total. The summed E-state index contributed by atoms with van der Waals surface area (Å²) in [6, 6.07) is 8.71. The predicted octanol–water partition coefficient (Wildman–Crippen LogP) is 2.60. The van der Waals surface area contributed by atoms with Crippen molar-refractivity contribution in [1.82, 2.24) is 0 Å². The van der Waals surface area contributed by atoms with Crippen molar-refractivity contribution < 1.29 is 55.9 Å². The Kier molecular flexibility index (Phi) is 30.1.